The van der Waals surface area contributed by atoms with Crippen molar-refractivity contribution in [2.24, 2.45) is 0 Å². The van der Waals surface area contributed by atoms with Gasteiger partial charge in [-0.2, -0.15) is 0 Å². The van der Waals surface area contributed by atoms with Crippen molar-refractivity contribution < 1.29 is 4.79 Å². The Kier molecular flexibility index (Phi) is 4.61. The second kappa shape index (κ2) is 6.23. The third-order valence-electron chi connectivity index (χ3n) is 3.37. The summed E-state index contributed by atoms with van der Waals surface area (Å²) in [5.74, 6) is 0.0121. The molecule has 0 aliphatic heterocycles. The topological polar surface area (TPSA) is 20.3 Å². The monoisotopic (exact) mass is 331 g/mol. The quantitative estimate of drug-likeness (QED) is 0.759. The van der Waals surface area contributed by atoms with Crippen molar-refractivity contribution in [3.05, 3.63) is 64.7 Å². The molecule has 0 aliphatic carbocycles. The summed E-state index contributed by atoms with van der Waals surface area (Å²) >= 11 is 3.41. The molecule has 0 aliphatic rings. The van der Waals surface area contributed by atoms with Gasteiger partial charge in [0.1, 0.15) is 0 Å². The molecule has 1 amide bonds. The van der Waals surface area contributed by atoms with Crippen LogP contribution in [0.3, 0.4) is 0 Å². The Bertz CT molecular complexity index is 619. The highest BCUT2D eigenvalue weighted by Gasteiger charge is 2.14. The van der Waals surface area contributed by atoms with Gasteiger partial charge in [0.2, 0.25) is 0 Å². The van der Waals surface area contributed by atoms with Gasteiger partial charge < -0.3 is 4.90 Å². The van der Waals surface area contributed by atoms with E-state index >= 15 is 0 Å². The average Bonchev–Trinajstić information content (AvgIpc) is 2.46. The Morgan fingerprint density at radius 3 is 2.30 bits per heavy atom. The molecule has 0 saturated heterocycles. The van der Waals surface area contributed by atoms with E-state index in [4.69, 9.17) is 0 Å². The molecule has 20 heavy (non-hydrogen) atoms. The Hall–Kier alpha value is -1.61. The van der Waals surface area contributed by atoms with Crippen LogP contribution in [-0.4, -0.2) is 13.0 Å². The second-order valence-electron chi connectivity index (χ2n) is 4.98. The van der Waals surface area contributed by atoms with E-state index in [0.29, 0.717) is 5.56 Å². The lowest BCUT2D eigenvalue weighted by Crippen LogP contribution is -2.26. The van der Waals surface area contributed by atoms with Crippen LogP contribution in [0.5, 0.6) is 0 Å². The highest BCUT2D eigenvalue weighted by Crippen LogP contribution is 2.22. The molecular formula is C17H18BrNO. The van der Waals surface area contributed by atoms with Crippen LogP contribution in [0.15, 0.2) is 42.5 Å². The number of hydrogen-bond donors (Lipinski definition) is 0. The fraction of sp³-hybridized carbons (Fsp3) is 0.235. The number of amides is 1. The molecule has 2 nitrogen and oxygen atoms in total. The molecule has 2 aromatic rings. The highest BCUT2D eigenvalue weighted by molar-refractivity contribution is 9.08. The summed E-state index contributed by atoms with van der Waals surface area (Å²) in [5.41, 5.74) is 5.13. The van der Waals surface area contributed by atoms with Gasteiger partial charge in [-0.3, -0.25) is 4.79 Å². The van der Waals surface area contributed by atoms with Crippen LogP contribution < -0.4 is 4.90 Å². The number of nitrogens with zero attached hydrogens (tertiary/aromatic N) is 1. The molecule has 3 heteroatoms. The Labute approximate surface area is 128 Å². The SMILES string of the molecule is Cc1ccc(N(C)C(=O)c2ccc(CBr)cc2)c(C)c1. The summed E-state index contributed by atoms with van der Waals surface area (Å²) in [4.78, 5) is 14.2. The molecule has 0 heterocycles. The summed E-state index contributed by atoms with van der Waals surface area (Å²) in [6.07, 6.45) is 0. The molecule has 2 aromatic carbocycles. The predicted octanol–water partition coefficient (Wildman–Crippen LogP) is 4.47. The fourth-order valence-corrected chi connectivity index (χ4v) is 2.60. The number of halogens is 1. The number of benzene rings is 2. The molecule has 0 spiro atoms. The number of anilines is 1. The summed E-state index contributed by atoms with van der Waals surface area (Å²) in [6.45, 7) is 4.08. The van der Waals surface area contributed by atoms with Gasteiger partial charge in [-0.25, -0.2) is 0 Å². The summed E-state index contributed by atoms with van der Waals surface area (Å²) < 4.78 is 0. The number of carbonyl (C=O) groups is 1. The van der Waals surface area contributed by atoms with Crippen molar-refractivity contribution in [2.45, 2.75) is 19.2 Å². The van der Waals surface area contributed by atoms with E-state index < -0.39 is 0 Å². The zero-order chi connectivity index (χ0) is 14.7. The summed E-state index contributed by atoms with van der Waals surface area (Å²) in [7, 11) is 1.82. The number of aryl methyl sites for hydroxylation is 2. The minimum absolute atomic E-state index is 0.0121. The van der Waals surface area contributed by atoms with Gasteiger partial charge in [-0.1, -0.05) is 45.8 Å². The van der Waals surface area contributed by atoms with Crippen LogP contribution in [0.25, 0.3) is 0 Å². The van der Waals surface area contributed by atoms with Crippen molar-refractivity contribution in [3.8, 4) is 0 Å². The minimum Gasteiger partial charge on any atom is -0.311 e. The van der Waals surface area contributed by atoms with Crippen molar-refractivity contribution in [1.82, 2.24) is 0 Å². The van der Waals surface area contributed by atoms with Crippen LogP contribution in [0.2, 0.25) is 0 Å². The Morgan fingerprint density at radius 1 is 1.10 bits per heavy atom. The molecule has 0 bridgehead atoms. The highest BCUT2D eigenvalue weighted by atomic mass is 79.9. The molecule has 0 radical (unpaired) electrons. The van der Waals surface area contributed by atoms with Crippen LogP contribution in [0.4, 0.5) is 5.69 Å². The third-order valence-corrected chi connectivity index (χ3v) is 4.02. The molecule has 104 valence electrons. The maximum absolute atomic E-state index is 12.5. The van der Waals surface area contributed by atoms with Crippen molar-refractivity contribution in [2.75, 3.05) is 11.9 Å². The number of alkyl halides is 1. The van der Waals surface area contributed by atoms with E-state index in [2.05, 4.69) is 28.9 Å². The van der Waals surface area contributed by atoms with Crippen LogP contribution in [0, 0.1) is 13.8 Å². The zero-order valence-electron chi connectivity index (χ0n) is 12.0. The van der Waals surface area contributed by atoms with Crippen LogP contribution >= 0.6 is 15.9 Å². The van der Waals surface area contributed by atoms with Crippen molar-refractivity contribution in [1.29, 1.82) is 0 Å². The van der Waals surface area contributed by atoms with Gasteiger partial charge in [0, 0.05) is 23.6 Å². The van der Waals surface area contributed by atoms with Gasteiger partial charge in [0.15, 0.2) is 0 Å². The smallest absolute Gasteiger partial charge is 0.258 e. The molecule has 0 saturated carbocycles. The van der Waals surface area contributed by atoms with Crippen molar-refractivity contribution in [3.63, 3.8) is 0 Å². The molecule has 0 N–H and O–H groups in total. The Morgan fingerprint density at radius 2 is 1.75 bits per heavy atom. The number of rotatable bonds is 3. The van der Waals surface area contributed by atoms with E-state index in [1.165, 1.54) is 5.56 Å². The molecule has 0 fully saturated rings. The van der Waals surface area contributed by atoms with Crippen LogP contribution in [0.1, 0.15) is 27.0 Å². The molecule has 2 rings (SSSR count). The van der Waals surface area contributed by atoms with Crippen LogP contribution in [-0.2, 0) is 5.33 Å². The van der Waals surface area contributed by atoms with E-state index in [1.54, 1.807) is 4.90 Å². The summed E-state index contributed by atoms with van der Waals surface area (Å²) in [6, 6.07) is 13.8. The van der Waals surface area contributed by atoms with E-state index in [-0.39, 0.29) is 5.91 Å². The second-order valence-corrected chi connectivity index (χ2v) is 5.55. The maximum atomic E-state index is 12.5. The van der Waals surface area contributed by atoms with E-state index in [1.807, 2.05) is 50.4 Å². The lowest BCUT2D eigenvalue weighted by atomic mass is 10.1. The first-order chi connectivity index (χ1) is 9.52. The van der Waals surface area contributed by atoms with Gasteiger partial charge in [-0.15, -0.1) is 0 Å². The molecule has 0 atom stereocenters. The normalized spacial score (nSPS) is 10.4. The molecule has 0 unspecified atom stereocenters. The van der Waals surface area contributed by atoms with E-state index in [9.17, 15) is 4.79 Å². The number of carbonyl (C=O) groups excluding carboxylic acids is 1. The first kappa shape index (κ1) is 14.8. The average molecular weight is 332 g/mol. The predicted molar refractivity (Wildman–Crippen MR) is 87.7 cm³/mol. The number of hydrogen-bond acceptors (Lipinski definition) is 1. The molecule has 0 aromatic heterocycles. The van der Waals surface area contributed by atoms with Gasteiger partial charge in [0.05, 0.1) is 0 Å². The fourth-order valence-electron chi connectivity index (χ4n) is 2.22. The van der Waals surface area contributed by atoms with E-state index in [0.717, 1.165) is 22.1 Å². The first-order valence-electron chi connectivity index (χ1n) is 6.53. The maximum Gasteiger partial charge on any atom is 0.258 e. The zero-order valence-corrected chi connectivity index (χ0v) is 13.6. The lowest BCUT2D eigenvalue weighted by molar-refractivity contribution is 0.0993. The standard InChI is InChI=1S/C17H18BrNO/c1-12-4-9-16(13(2)10-12)19(3)17(20)15-7-5-14(11-18)6-8-15/h4-10H,11H2,1-3H3. The van der Waals surface area contributed by atoms with Crippen molar-refractivity contribution >= 4 is 27.5 Å². The molecular weight excluding hydrogens is 314 g/mol. The van der Waals surface area contributed by atoms with Gasteiger partial charge in [-0.05, 0) is 43.2 Å². The minimum atomic E-state index is 0.0121. The summed E-state index contributed by atoms with van der Waals surface area (Å²) in [5, 5.41) is 0.800. The largest absolute Gasteiger partial charge is 0.311 e. The third kappa shape index (κ3) is 3.10. The lowest BCUT2D eigenvalue weighted by Gasteiger charge is -2.20. The van der Waals surface area contributed by atoms with Gasteiger partial charge in [0.25, 0.3) is 5.91 Å². The first-order valence-corrected chi connectivity index (χ1v) is 7.65. The Balaban J connectivity index is 2.27. The van der Waals surface area contributed by atoms with Gasteiger partial charge >= 0.3 is 0 Å².